The van der Waals surface area contributed by atoms with E-state index in [1.54, 1.807) is 36.8 Å². The fraction of sp³-hybridized carbons (Fsp3) is 0.158. The zero-order chi connectivity index (χ0) is 16.9. The van der Waals surface area contributed by atoms with E-state index in [4.69, 9.17) is 0 Å². The summed E-state index contributed by atoms with van der Waals surface area (Å²) in [5.41, 5.74) is 2.50. The van der Waals surface area contributed by atoms with Crippen molar-refractivity contribution in [2.75, 3.05) is 0 Å². The van der Waals surface area contributed by atoms with Gasteiger partial charge in [0.1, 0.15) is 0 Å². The molecular formula is C19H19N3O2. The molecule has 0 saturated heterocycles. The molecule has 0 aliphatic carbocycles. The molecule has 0 saturated carbocycles. The molecular weight excluding hydrogens is 302 g/mol. The maximum absolute atomic E-state index is 12.3. The number of aliphatic hydroxyl groups is 1. The second-order valence-electron chi connectivity index (χ2n) is 5.61. The maximum Gasteiger partial charge on any atom is 0.253 e. The lowest BCUT2D eigenvalue weighted by Crippen LogP contribution is -2.31. The predicted molar refractivity (Wildman–Crippen MR) is 91.5 cm³/mol. The Kier molecular flexibility index (Phi) is 4.72. The molecule has 0 aliphatic heterocycles. The van der Waals surface area contributed by atoms with Gasteiger partial charge in [-0.2, -0.15) is 0 Å². The van der Waals surface area contributed by atoms with Crippen LogP contribution in [0.3, 0.4) is 0 Å². The molecule has 1 amide bonds. The van der Waals surface area contributed by atoms with E-state index in [9.17, 15) is 9.90 Å². The number of benzene rings is 2. The summed E-state index contributed by atoms with van der Waals surface area (Å²) in [7, 11) is 0. The SMILES string of the molecule is CC(NC(=O)C(O)c1ccccc1)c1cccc(-n2ccnc2)c1. The summed E-state index contributed by atoms with van der Waals surface area (Å²) in [5.74, 6) is -0.415. The van der Waals surface area contributed by atoms with Gasteiger partial charge in [0.25, 0.3) is 5.91 Å². The molecule has 122 valence electrons. The lowest BCUT2D eigenvalue weighted by Gasteiger charge is -2.18. The monoisotopic (exact) mass is 321 g/mol. The van der Waals surface area contributed by atoms with E-state index in [1.165, 1.54) is 0 Å². The Morgan fingerprint density at radius 3 is 2.58 bits per heavy atom. The smallest absolute Gasteiger partial charge is 0.253 e. The largest absolute Gasteiger partial charge is 0.378 e. The van der Waals surface area contributed by atoms with Crippen LogP contribution in [0.15, 0.2) is 73.3 Å². The Morgan fingerprint density at radius 2 is 1.88 bits per heavy atom. The Hall–Kier alpha value is -2.92. The van der Waals surface area contributed by atoms with E-state index < -0.39 is 12.0 Å². The van der Waals surface area contributed by atoms with Gasteiger partial charge < -0.3 is 15.0 Å². The second-order valence-corrected chi connectivity index (χ2v) is 5.61. The topological polar surface area (TPSA) is 67.2 Å². The third-order valence-electron chi connectivity index (χ3n) is 3.90. The van der Waals surface area contributed by atoms with Crippen LogP contribution < -0.4 is 5.32 Å². The van der Waals surface area contributed by atoms with Crippen molar-refractivity contribution in [3.63, 3.8) is 0 Å². The van der Waals surface area contributed by atoms with Gasteiger partial charge in [-0.15, -0.1) is 0 Å². The minimum Gasteiger partial charge on any atom is -0.378 e. The van der Waals surface area contributed by atoms with E-state index in [2.05, 4.69) is 10.3 Å². The number of hydrogen-bond acceptors (Lipinski definition) is 3. The van der Waals surface area contributed by atoms with Crippen LogP contribution in [0.1, 0.15) is 30.2 Å². The summed E-state index contributed by atoms with van der Waals surface area (Å²) in [5, 5.41) is 13.0. The standard InChI is InChI=1S/C19H19N3O2/c1-14(21-19(24)18(23)15-6-3-2-4-7-15)16-8-5-9-17(12-16)22-11-10-20-13-22/h2-14,18,23H,1H3,(H,21,24). The molecule has 0 spiro atoms. The molecule has 2 unspecified atom stereocenters. The summed E-state index contributed by atoms with van der Waals surface area (Å²) in [6.07, 6.45) is 4.13. The van der Waals surface area contributed by atoms with Gasteiger partial charge in [0.15, 0.2) is 6.10 Å². The number of imidazole rings is 1. The quantitative estimate of drug-likeness (QED) is 0.759. The minimum absolute atomic E-state index is 0.223. The first-order valence-corrected chi connectivity index (χ1v) is 7.77. The van der Waals surface area contributed by atoms with Gasteiger partial charge >= 0.3 is 0 Å². The first-order valence-electron chi connectivity index (χ1n) is 7.77. The number of carbonyl (C=O) groups excluding carboxylic acids is 1. The van der Waals surface area contributed by atoms with E-state index in [0.717, 1.165) is 11.3 Å². The fourth-order valence-corrected chi connectivity index (χ4v) is 2.53. The maximum atomic E-state index is 12.3. The highest BCUT2D eigenvalue weighted by atomic mass is 16.3. The summed E-state index contributed by atoms with van der Waals surface area (Å²) in [4.78, 5) is 16.3. The van der Waals surface area contributed by atoms with Gasteiger partial charge in [-0.3, -0.25) is 4.79 Å². The van der Waals surface area contributed by atoms with Crippen molar-refractivity contribution in [3.05, 3.63) is 84.4 Å². The molecule has 0 radical (unpaired) electrons. The zero-order valence-electron chi connectivity index (χ0n) is 13.3. The number of hydrogen-bond donors (Lipinski definition) is 2. The number of aromatic nitrogens is 2. The van der Waals surface area contributed by atoms with Crippen molar-refractivity contribution in [1.82, 2.24) is 14.9 Å². The number of carbonyl (C=O) groups is 1. The van der Waals surface area contributed by atoms with E-state index in [-0.39, 0.29) is 6.04 Å². The fourth-order valence-electron chi connectivity index (χ4n) is 2.53. The molecule has 0 aliphatic rings. The van der Waals surface area contributed by atoms with Crippen LogP contribution in [0.5, 0.6) is 0 Å². The van der Waals surface area contributed by atoms with Crippen LogP contribution in [-0.2, 0) is 4.79 Å². The van der Waals surface area contributed by atoms with Gasteiger partial charge in [0.2, 0.25) is 0 Å². The van der Waals surface area contributed by atoms with Crippen LogP contribution in [-0.4, -0.2) is 20.6 Å². The Labute approximate surface area is 140 Å². The number of amides is 1. The van der Waals surface area contributed by atoms with Crippen LogP contribution in [0, 0.1) is 0 Å². The highest BCUT2D eigenvalue weighted by Crippen LogP contribution is 2.19. The van der Waals surface area contributed by atoms with Crippen molar-refractivity contribution in [2.24, 2.45) is 0 Å². The summed E-state index contributed by atoms with van der Waals surface area (Å²) in [6, 6.07) is 16.5. The molecule has 5 nitrogen and oxygen atoms in total. The van der Waals surface area contributed by atoms with Crippen molar-refractivity contribution in [3.8, 4) is 5.69 Å². The summed E-state index contributed by atoms with van der Waals surface area (Å²) in [6.45, 7) is 1.89. The molecule has 1 heterocycles. The summed E-state index contributed by atoms with van der Waals surface area (Å²) < 4.78 is 1.90. The molecule has 0 fully saturated rings. The van der Waals surface area contributed by atoms with E-state index >= 15 is 0 Å². The molecule has 24 heavy (non-hydrogen) atoms. The van der Waals surface area contributed by atoms with E-state index in [1.807, 2.05) is 48.0 Å². The molecule has 2 aromatic carbocycles. The first kappa shape index (κ1) is 16.0. The van der Waals surface area contributed by atoms with Crippen molar-refractivity contribution in [1.29, 1.82) is 0 Å². The number of rotatable bonds is 5. The highest BCUT2D eigenvalue weighted by molar-refractivity contribution is 5.82. The first-order chi connectivity index (χ1) is 11.6. The average Bonchev–Trinajstić information content (AvgIpc) is 3.16. The Balaban J connectivity index is 1.72. The van der Waals surface area contributed by atoms with Gasteiger partial charge in [0.05, 0.1) is 12.4 Å². The minimum atomic E-state index is -1.18. The Bertz CT molecular complexity index is 800. The van der Waals surface area contributed by atoms with Crippen molar-refractivity contribution >= 4 is 5.91 Å². The van der Waals surface area contributed by atoms with Crippen LogP contribution in [0.25, 0.3) is 5.69 Å². The number of nitrogens with zero attached hydrogens (tertiary/aromatic N) is 2. The second kappa shape index (κ2) is 7.10. The Morgan fingerprint density at radius 1 is 1.12 bits per heavy atom. The predicted octanol–water partition coefficient (Wildman–Crippen LogP) is 2.78. The van der Waals surface area contributed by atoms with Crippen molar-refractivity contribution < 1.29 is 9.90 Å². The molecule has 3 rings (SSSR count). The van der Waals surface area contributed by atoms with Crippen LogP contribution in [0.4, 0.5) is 0 Å². The zero-order valence-corrected chi connectivity index (χ0v) is 13.3. The third kappa shape index (κ3) is 3.52. The van der Waals surface area contributed by atoms with Crippen molar-refractivity contribution in [2.45, 2.75) is 19.1 Å². The molecule has 5 heteroatoms. The van der Waals surface area contributed by atoms with Crippen LogP contribution in [0.2, 0.25) is 0 Å². The molecule has 2 atom stereocenters. The number of nitrogens with one attached hydrogen (secondary N) is 1. The average molecular weight is 321 g/mol. The van der Waals surface area contributed by atoms with Gasteiger partial charge in [-0.05, 0) is 30.2 Å². The van der Waals surface area contributed by atoms with Crippen LogP contribution >= 0.6 is 0 Å². The normalized spacial score (nSPS) is 13.2. The third-order valence-corrected chi connectivity index (χ3v) is 3.90. The highest BCUT2D eigenvalue weighted by Gasteiger charge is 2.19. The molecule has 0 bridgehead atoms. The molecule has 3 aromatic rings. The van der Waals surface area contributed by atoms with Gasteiger partial charge in [-0.1, -0.05) is 42.5 Å². The van der Waals surface area contributed by atoms with Gasteiger partial charge in [-0.25, -0.2) is 4.98 Å². The molecule has 2 N–H and O–H groups in total. The van der Waals surface area contributed by atoms with E-state index in [0.29, 0.717) is 5.56 Å². The molecule has 1 aromatic heterocycles. The lowest BCUT2D eigenvalue weighted by molar-refractivity contribution is -0.130. The lowest BCUT2D eigenvalue weighted by atomic mass is 10.1. The summed E-state index contributed by atoms with van der Waals surface area (Å²) >= 11 is 0. The number of aliphatic hydroxyl groups excluding tert-OH is 1. The van der Waals surface area contributed by atoms with Gasteiger partial charge in [0, 0.05) is 18.1 Å².